The van der Waals surface area contributed by atoms with Gasteiger partial charge in [-0.3, -0.25) is 14.9 Å². The quantitative estimate of drug-likeness (QED) is 0.360. The molecule has 0 aliphatic rings. The maximum atomic E-state index is 12.5. The van der Waals surface area contributed by atoms with Crippen LogP contribution in [-0.2, 0) is 0 Å². The number of nitrogens with zero attached hydrogens (tertiary/aromatic N) is 5. The van der Waals surface area contributed by atoms with Crippen LogP contribution in [0.5, 0.6) is 0 Å². The number of carbonyl (C=O) groups is 1. The monoisotopic (exact) mass is 387 g/mol. The van der Waals surface area contributed by atoms with Gasteiger partial charge in [0.15, 0.2) is 0 Å². The number of hydrogen-bond acceptors (Lipinski definition) is 7. The number of anilines is 1. The average molecular weight is 388 g/mol. The number of halogens is 1. The Morgan fingerprint density at radius 2 is 2.04 bits per heavy atom. The highest BCUT2D eigenvalue weighted by molar-refractivity contribution is 6.31. The van der Waals surface area contributed by atoms with E-state index in [1.807, 2.05) is 0 Å². The molecule has 3 rings (SSSR count). The molecule has 10 nitrogen and oxygen atoms in total. The summed E-state index contributed by atoms with van der Waals surface area (Å²) in [6, 6.07) is 11.1. The smallest absolute Gasteiger partial charge is 0.292 e. The predicted octanol–water partition coefficient (Wildman–Crippen LogP) is 2.07. The number of aromatic nitrogens is 4. The van der Waals surface area contributed by atoms with E-state index < -0.39 is 4.92 Å². The van der Waals surface area contributed by atoms with Gasteiger partial charge in [0.25, 0.3) is 11.6 Å². The number of para-hydroxylation sites is 2. The molecule has 0 saturated carbocycles. The van der Waals surface area contributed by atoms with Gasteiger partial charge in [-0.1, -0.05) is 23.7 Å². The van der Waals surface area contributed by atoms with Crippen molar-refractivity contribution < 1.29 is 9.72 Å². The number of tetrazole rings is 1. The Labute approximate surface area is 158 Å². The molecule has 0 atom stereocenters. The number of rotatable bonds is 7. The molecule has 1 heterocycles. The minimum atomic E-state index is -0.467. The van der Waals surface area contributed by atoms with Crippen molar-refractivity contribution in [3.63, 3.8) is 0 Å². The summed E-state index contributed by atoms with van der Waals surface area (Å²) in [6.07, 6.45) is 1.37. The molecule has 0 aliphatic heterocycles. The van der Waals surface area contributed by atoms with Gasteiger partial charge in [0.2, 0.25) is 0 Å². The van der Waals surface area contributed by atoms with Crippen molar-refractivity contribution in [2.75, 3.05) is 18.4 Å². The first-order chi connectivity index (χ1) is 13.1. The van der Waals surface area contributed by atoms with E-state index >= 15 is 0 Å². The summed E-state index contributed by atoms with van der Waals surface area (Å²) in [4.78, 5) is 23.0. The highest BCUT2D eigenvalue weighted by Crippen LogP contribution is 2.22. The van der Waals surface area contributed by atoms with Crippen LogP contribution in [0, 0.1) is 10.1 Å². The van der Waals surface area contributed by atoms with Gasteiger partial charge in [-0.15, -0.1) is 5.10 Å². The minimum Gasteiger partial charge on any atom is -0.378 e. The fraction of sp³-hybridized carbons (Fsp3) is 0.125. The Kier molecular flexibility index (Phi) is 5.57. The van der Waals surface area contributed by atoms with Crippen molar-refractivity contribution >= 4 is 28.9 Å². The van der Waals surface area contributed by atoms with Crippen molar-refractivity contribution in [3.05, 3.63) is 69.5 Å². The summed E-state index contributed by atoms with van der Waals surface area (Å²) < 4.78 is 1.36. The van der Waals surface area contributed by atoms with E-state index in [0.29, 0.717) is 28.5 Å². The van der Waals surface area contributed by atoms with Crippen molar-refractivity contribution in [2.45, 2.75) is 0 Å². The van der Waals surface area contributed by atoms with Crippen LogP contribution >= 0.6 is 11.6 Å². The van der Waals surface area contributed by atoms with Crippen molar-refractivity contribution in [1.29, 1.82) is 0 Å². The molecule has 0 spiro atoms. The van der Waals surface area contributed by atoms with Crippen LogP contribution in [0.4, 0.5) is 11.4 Å². The lowest BCUT2D eigenvalue weighted by molar-refractivity contribution is -0.384. The molecular weight excluding hydrogens is 374 g/mol. The second-order valence-corrected chi connectivity index (χ2v) is 5.81. The summed E-state index contributed by atoms with van der Waals surface area (Å²) in [6.45, 7) is 0.545. The molecule has 2 N–H and O–H groups in total. The molecule has 0 radical (unpaired) electrons. The fourth-order valence-electron chi connectivity index (χ4n) is 2.41. The van der Waals surface area contributed by atoms with E-state index in [2.05, 4.69) is 26.2 Å². The predicted molar refractivity (Wildman–Crippen MR) is 98.1 cm³/mol. The van der Waals surface area contributed by atoms with Crippen molar-refractivity contribution in [1.82, 2.24) is 25.5 Å². The van der Waals surface area contributed by atoms with Crippen LogP contribution in [0.15, 0.2) is 48.8 Å². The van der Waals surface area contributed by atoms with Crippen LogP contribution in [0.2, 0.25) is 5.02 Å². The minimum absolute atomic E-state index is 0.0281. The summed E-state index contributed by atoms with van der Waals surface area (Å²) >= 11 is 5.99. The molecule has 1 aromatic heterocycles. The van der Waals surface area contributed by atoms with E-state index in [-0.39, 0.29) is 18.1 Å². The van der Waals surface area contributed by atoms with E-state index in [9.17, 15) is 14.9 Å². The van der Waals surface area contributed by atoms with E-state index in [4.69, 9.17) is 11.6 Å². The number of nitro groups is 1. The van der Waals surface area contributed by atoms with E-state index in [1.165, 1.54) is 23.1 Å². The van der Waals surface area contributed by atoms with Crippen LogP contribution in [-0.4, -0.2) is 44.1 Å². The Balaban J connectivity index is 1.64. The Morgan fingerprint density at radius 1 is 1.22 bits per heavy atom. The lowest BCUT2D eigenvalue weighted by Crippen LogP contribution is -2.29. The summed E-state index contributed by atoms with van der Waals surface area (Å²) in [7, 11) is 0. The largest absolute Gasteiger partial charge is 0.378 e. The van der Waals surface area contributed by atoms with Gasteiger partial charge in [-0.25, -0.2) is 0 Å². The molecule has 0 aliphatic carbocycles. The maximum Gasteiger partial charge on any atom is 0.292 e. The Hall–Kier alpha value is -3.53. The van der Waals surface area contributed by atoms with Crippen LogP contribution in [0.25, 0.3) is 5.69 Å². The van der Waals surface area contributed by atoms with Gasteiger partial charge in [0.1, 0.15) is 12.0 Å². The summed E-state index contributed by atoms with van der Waals surface area (Å²) in [5.41, 5.74) is 1.14. The third-order valence-electron chi connectivity index (χ3n) is 3.63. The molecule has 0 unspecified atom stereocenters. The lowest BCUT2D eigenvalue weighted by Gasteiger charge is -2.11. The first-order valence-electron chi connectivity index (χ1n) is 7.84. The molecule has 2 aromatic carbocycles. The highest BCUT2D eigenvalue weighted by atomic mass is 35.5. The van der Waals surface area contributed by atoms with Gasteiger partial charge >= 0.3 is 0 Å². The SMILES string of the molecule is O=C(NCCNc1ccccc1[N+](=O)[O-])c1cc(Cl)ccc1-n1cnnn1. The zero-order chi connectivity index (χ0) is 19.2. The molecule has 1 amide bonds. The molecular formula is C16H14ClN7O3. The van der Waals surface area contributed by atoms with Crippen molar-refractivity contribution in [3.8, 4) is 5.69 Å². The van der Waals surface area contributed by atoms with E-state index in [0.717, 1.165) is 0 Å². The number of nitro benzene ring substituents is 1. The zero-order valence-electron chi connectivity index (χ0n) is 13.9. The molecule has 138 valence electrons. The number of hydrogen-bond donors (Lipinski definition) is 2. The van der Waals surface area contributed by atoms with Gasteiger partial charge in [-0.2, -0.15) is 4.68 Å². The van der Waals surface area contributed by atoms with Gasteiger partial charge in [-0.05, 0) is 34.7 Å². The molecule has 11 heteroatoms. The topological polar surface area (TPSA) is 128 Å². The van der Waals surface area contributed by atoms with Gasteiger partial charge in [0, 0.05) is 24.2 Å². The second-order valence-electron chi connectivity index (χ2n) is 5.37. The van der Waals surface area contributed by atoms with Crippen LogP contribution < -0.4 is 10.6 Å². The van der Waals surface area contributed by atoms with Gasteiger partial charge in [0.05, 0.1) is 16.2 Å². The Morgan fingerprint density at radius 3 is 2.78 bits per heavy atom. The third kappa shape index (κ3) is 4.36. The molecule has 3 aromatic rings. The Bertz CT molecular complexity index is 962. The normalized spacial score (nSPS) is 10.4. The summed E-state index contributed by atoms with van der Waals surface area (Å²) in [5, 5.41) is 28.0. The molecule has 0 saturated heterocycles. The van der Waals surface area contributed by atoms with Gasteiger partial charge < -0.3 is 10.6 Å². The number of nitrogens with one attached hydrogen (secondary N) is 2. The standard InChI is InChI=1S/C16H14ClN7O3/c17-11-5-6-14(23-10-20-21-22-23)12(9-11)16(25)19-8-7-18-13-3-1-2-4-15(13)24(26)27/h1-6,9-10,18H,7-8H2,(H,19,25). The van der Waals surface area contributed by atoms with Crippen molar-refractivity contribution in [2.24, 2.45) is 0 Å². The molecule has 27 heavy (non-hydrogen) atoms. The number of amides is 1. The maximum absolute atomic E-state index is 12.5. The summed E-state index contributed by atoms with van der Waals surface area (Å²) in [5.74, 6) is -0.368. The molecule has 0 bridgehead atoms. The van der Waals surface area contributed by atoms with E-state index in [1.54, 1.807) is 30.3 Å². The zero-order valence-corrected chi connectivity index (χ0v) is 14.6. The second kappa shape index (κ2) is 8.23. The fourth-order valence-corrected chi connectivity index (χ4v) is 2.58. The lowest BCUT2D eigenvalue weighted by atomic mass is 10.1. The first kappa shape index (κ1) is 18.3. The third-order valence-corrected chi connectivity index (χ3v) is 3.86. The van der Waals surface area contributed by atoms with Crippen LogP contribution in [0.3, 0.4) is 0 Å². The average Bonchev–Trinajstić information content (AvgIpc) is 3.19. The number of benzene rings is 2. The number of carbonyl (C=O) groups excluding carboxylic acids is 1. The van der Waals surface area contributed by atoms with Crippen LogP contribution in [0.1, 0.15) is 10.4 Å². The highest BCUT2D eigenvalue weighted by Gasteiger charge is 2.15. The first-order valence-corrected chi connectivity index (χ1v) is 8.22. The molecule has 0 fully saturated rings.